The van der Waals surface area contributed by atoms with E-state index in [4.69, 9.17) is 4.98 Å². The van der Waals surface area contributed by atoms with E-state index in [1.807, 2.05) is 12.3 Å². The number of benzene rings is 8. The number of hydrogen-bond donors (Lipinski definition) is 0. The van der Waals surface area contributed by atoms with Crippen LogP contribution in [0.5, 0.6) is 0 Å². The molecule has 0 aliphatic carbocycles. The average Bonchev–Trinajstić information content (AvgIpc) is 3.92. The molecule has 0 amide bonds. The van der Waals surface area contributed by atoms with E-state index in [9.17, 15) is 0 Å². The van der Waals surface area contributed by atoms with Crippen LogP contribution >= 0.6 is 0 Å². The lowest BCUT2D eigenvalue weighted by atomic mass is 10.0. The van der Waals surface area contributed by atoms with Gasteiger partial charge in [-0.25, -0.2) is 0 Å². The van der Waals surface area contributed by atoms with Gasteiger partial charge in [-0.05, 0) is 101 Å². The van der Waals surface area contributed by atoms with Crippen LogP contribution in [0, 0.1) is 0 Å². The maximum absolute atomic E-state index is 4.99. The molecule has 0 spiro atoms. The Morgan fingerprint density at radius 1 is 0.263 bits per heavy atom. The summed E-state index contributed by atoms with van der Waals surface area (Å²) in [6.45, 7) is 0. The van der Waals surface area contributed by atoms with Crippen molar-refractivity contribution >= 4 is 65.5 Å². The summed E-state index contributed by atoms with van der Waals surface area (Å²) in [6, 6.07) is 72.6. The molecular formula is C53H34N4. The fourth-order valence-electron chi connectivity index (χ4n) is 9.17. The summed E-state index contributed by atoms with van der Waals surface area (Å²) in [6.07, 6.45) is 1.90. The molecule has 4 aromatic heterocycles. The minimum Gasteiger partial charge on any atom is -0.309 e. The summed E-state index contributed by atoms with van der Waals surface area (Å²) in [5, 5.41) is 6.11. The van der Waals surface area contributed by atoms with E-state index in [-0.39, 0.29) is 0 Å². The molecule has 0 saturated carbocycles. The molecule has 0 aliphatic rings. The Kier molecular flexibility index (Phi) is 6.89. The van der Waals surface area contributed by atoms with Crippen LogP contribution in [-0.2, 0) is 0 Å². The van der Waals surface area contributed by atoms with Gasteiger partial charge in [-0.15, -0.1) is 0 Å². The van der Waals surface area contributed by atoms with Gasteiger partial charge in [-0.3, -0.25) is 4.98 Å². The summed E-state index contributed by atoms with van der Waals surface area (Å²) >= 11 is 0. The molecule has 0 aliphatic heterocycles. The average molecular weight is 727 g/mol. The van der Waals surface area contributed by atoms with Gasteiger partial charge in [-0.2, -0.15) is 0 Å². The normalized spacial score (nSPS) is 11.9. The van der Waals surface area contributed by atoms with E-state index in [0.717, 1.165) is 50.1 Å². The first-order valence-corrected chi connectivity index (χ1v) is 19.5. The third kappa shape index (κ3) is 4.84. The van der Waals surface area contributed by atoms with Crippen molar-refractivity contribution in [1.82, 2.24) is 18.7 Å². The lowest BCUT2D eigenvalue weighted by molar-refractivity contribution is 1.13. The highest BCUT2D eigenvalue weighted by Gasteiger charge is 2.19. The third-order valence-corrected chi connectivity index (χ3v) is 11.6. The predicted octanol–water partition coefficient (Wildman–Crippen LogP) is 13.7. The van der Waals surface area contributed by atoms with Crippen LogP contribution in [0.4, 0.5) is 0 Å². The molecule has 4 heterocycles. The van der Waals surface area contributed by atoms with E-state index in [2.05, 4.69) is 208 Å². The molecule has 0 saturated heterocycles. The van der Waals surface area contributed by atoms with Crippen LogP contribution in [-0.4, -0.2) is 18.7 Å². The zero-order chi connectivity index (χ0) is 37.5. The zero-order valence-electron chi connectivity index (χ0n) is 30.9. The van der Waals surface area contributed by atoms with Crippen molar-refractivity contribution in [2.24, 2.45) is 0 Å². The third-order valence-electron chi connectivity index (χ3n) is 11.6. The van der Waals surface area contributed by atoms with Gasteiger partial charge in [0.1, 0.15) is 0 Å². The second-order valence-electron chi connectivity index (χ2n) is 14.8. The molecule has 57 heavy (non-hydrogen) atoms. The minimum atomic E-state index is 0.988. The Labute approximate surface area is 328 Å². The first-order chi connectivity index (χ1) is 28.3. The summed E-state index contributed by atoms with van der Waals surface area (Å²) in [7, 11) is 0. The van der Waals surface area contributed by atoms with Crippen LogP contribution in [0.1, 0.15) is 0 Å². The Bertz CT molecular complexity index is 3420. The van der Waals surface area contributed by atoms with Crippen molar-refractivity contribution in [3.05, 3.63) is 206 Å². The van der Waals surface area contributed by atoms with Gasteiger partial charge in [0.15, 0.2) is 0 Å². The molecule has 0 bridgehead atoms. The van der Waals surface area contributed by atoms with Crippen molar-refractivity contribution in [2.45, 2.75) is 0 Å². The van der Waals surface area contributed by atoms with Crippen molar-refractivity contribution in [2.75, 3.05) is 0 Å². The van der Waals surface area contributed by atoms with E-state index in [0.29, 0.717) is 0 Å². The topological polar surface area (TPSA) is 27.7 Å². The quantitative estimate of drug-likeness (QED) is 0.174. The smallest absolute Gasteiger partial charge is 0.0963 e. The second kappa shape index (κ2) is 12.4. The maximum atomic E-state index is 4.99. The van der Waals surface area contributed by atoms with E-state index in [1.165, 1.54) is 54.7 Å². The molecule has 0 atom stereocenters. The van der Waals surface area contributed by atoms with Crippen LogP contribution < -0.4 is 0 Å². The van der Waals surface area contributed by atoms with Crippen molar-refractivity contribution < 1.29 is 0 Å². The Morgan fingerprint density at radius 2 is 0.719 bits per heavy atom. The predicted molar refractivity (Wildman–Crippen MR) is 238 cm³/mol. The van der Waals surface area contributed by atoms with Crippen molar-refractivity contribution in [1.29, 1.82) is 0 Å². The number of hydrogen-bond acceptors (Lipinski definition) is 1. The maximum Gasteiger partial charge on any atom is 0.0963 e. The SMILES string of the molecule is c1ccc(-c2ccc3c(c2)c2ncccc2n3-c2cc(-c3cccc(-n4c5ccccc5c5ccccc54)c3)cc(-n3c4ccccc4c4ccccc43)c2)cc1. The van der Waals surface area contributed by atoms with E-state index in [1.54, 1.807) is 0 Å². The van der Waals surface area contributed by atoms with Gasteiger partial charge in [0.25, 0.3) is 0 Å². The number of nitrogens with zero attached hydrogens (tertiary/aromatic N) is 4. The summed E-state index contributed by atoms with van der Waals surface area (Å²) in [5.41, 5.74) is 15.9. The Hall–Kier alpha value is -7.69. The van der Waals surface area contributed by atoms with Crippen LogP contribution in [0.25, 0.3) is 105 Å². The molecule has 8 aromatic carbocycles. The van der Waals surface area contributed by atoms with Gasteiger partial charge < -0.3 is 13.7 Å². The second-order valence-corrected chi connectivity index (χ2v) is 14.8. The molecule has 12 rings (SSSR count). The molecule has 0 unspecified atom stereocenters. The molecule has 4 heteroatoms. The standard InChI is InChI=1S/C53H34N4/c1-2-14-35(15-3-1)37-27-28-51-46(33-37)53-52(26-13-29-54-53)57(51)41-32-38(31-40(34-41)56-49-24-10-6-20-44(49)45-21-7-11-25-50(45)56)36-16-12-17-39(30-36)55-47-22-8-4-18-42(47)43-19-5-9-23-48(43)55/h1-34H. The first kappa shape index (κ1) is 31.6. The lowest BCUT2D eigenvalue weighted by Crippen LogP contribution is -2.00. The number of aromatic nitrogens is 4. The van der Waals surface area contributed by atoms with Crippen molar-refractivity contribution in [3.63, 3.8) is 0 Å². The molecule has 4 nitrogen and oxygen atoms in total. The van der Waals surface area contributed by atoms with Crippen molar-refractivity contribution in [3.8, 4) is 39.3 Å². The van der Waals surface area contributed by atoms with Gasteiger partial charge in [0, 0.05) is 50.2 Å². The largest absolute Gasteiger partial charge is 0.309 e. The van der Waals surface area contributed by atoms with E-state index >= 15 is 0 Å². The summed E-state index contributed by atoms with van der Waals surface area (Å²) in [5.74, 6) is 0. The molecule has 0 radical (unpaired) electrons. The van der Waals surface area contributed by atoms with Gasteiger partial charge >= 0.3 is 0 Å². The highest BCUT2D eigenvalue weighted by atomic mass is 15.0. The van der Waals surface area contributed by atoms with Gasteiger partial charge in [0.05, 0.1) is 38.6 Å². The zero-order valence-corrected chi connectivity index (χ0v) is 30.9. The molecule has 0 N–H and O–H groups in total. The fourth-order valence-corrected chi connectivity index (χ4v) is 9.17. The molecule has 0 fully saturated rings. The first-order valence-electron chi connectivity index (χ1n) is 19.5. The lowest BCUT2D eigenvalue weighted by Gasteiger charge is -2.16. The number of rotatable bonds is 5. The fraction of sp³-hybridized carbons (Fsp3) is 0. The highest BCUT2D eigenvalue weighted by Crippen LogP contribution is 2.39. The van der Waals surface area contributed by atoms with Crippen LogP contribution in [0.15, 0.2) is 206 Å². The molecule has 12 aromatic rings. The Balaban J connectivity index is 1.14. The summed E-state index contributed by atoms with van der Waals surface area (Å²) in [4.78, 5) is 4.99. The Morgan fingerprint density at radius 3 is 1.33 bits per heavy atom. The minimum absolute atomic E-state index is 0.988. The van der Waals surface area contributed by atoms with E-state index < -0.39 is 0 Å². The monoisotopic (exact) mass is 726 g/mol. The number of pyridine rings is 1. The number of para-hydroxylation sites is 4. The van der Waals surface area contributed by atoms with Gasteiger partial charge in [-0.1, -0.05) is 121 Å². The van der Waals surface area contributed by atoms with Crippen LogP contribution in [0.2, 0.25) is 0 Å². The highest BCUT2D eigenvalue weighted by molar-refractivity contribution is 6.11. The van der Waals surface area contributed by atoms with Crippen LogP contribution in [0.3, 0.4) is 0 Å². The molecular weight excluding hydrogens is 693 g/mol. The summed E-state index contributed by atoms with van der Waals surface area (Å²) < 4.78 is 7.22. The molecule has 266 valence electrons. The number of fused-ring (bicyclic) bond motifs is 9. The van der Waals surface area contributed by atoms with Gasteiger partial charge in [0.2, 0.25) is 0 Å².